The molecule has 0 spiro atoms. The number of nitrogens with zero attached hydrogens (tertiary/aromatic N) is 2. The lowest BCUT2D eigenvalue weighted by atomic mass is 10.2. The molecule has 0 aromatic carbocycles. The van der Waals surface area contributed by atoms with Crippen molar-refractivity contribution in [2.75, 3.05) is 7.11 Å². The fourth-order valence-corrected chi connectivity index (χ4v) is 1.61. The molecule has 0 amide bonds. The van der Waals surface area contributed by atoms with Crippen LogP contribution in [0.5, 0.6) is 0 Å². The fraction of sp³-hybridized carbons (Fsp3) is 0.556. The monoisotopic (exact) mass is 230 g/mol. The van der Waals surface area contributed by atoms with Gasteiger partial charge < -0.3 is 9.29 Å². The summed E-state index contributed by atoms with van der Waals surface area (Å²) in [6.45, 7) is 3.49. The minimum Gasteiger partial charge on any atom is -0.372 e. The highest BCUT2D eigenvalue weighted by atomic mass is 32.2. The van der Waals surface area contributed by atoms with Crippen LogP contribution in [0.4, 0.5) is 0 Å². The van der Waals surface area contributed by atoms with Crippen molar-refractivity contribution in [3.8, 4) is 0 Å². The highest BCUT2D eigenvalue weighted by Gasteiger charge is 2.25. The third-order valence-corrected chi connectivity index (χ3v) is 2.94. The minimum atomic E-state index is -1.95. The van der Waals surface area contributed by atoms with E-state index in [4.69, 9.17) is 9.29 Å². The van der Waals surface area contributed by atoms with Gasteiger partial charge >= 0.3 is 0 Å². The summed E-state index contributed by atoms with van der Waals surface area (Å²) in [6, 6.07) is 0. The second-order valence-electron chi connectivity index (χ2n) is 3.26. The molecule has 1 aromatic rings. The lowest BCUT2D eigenvalue weighted by Crippen LogP contribution is -2.23. The number of hydrogen-bond acceptors (Lipinski definition) is 4. The Bertz CT molecular complexity index is 342. The smallest absolute Gasteiger partial charge is 0.158 e. The van der Waals surface area contributed by atoms with E-state index in [1.165, 1.54) is 7.11 Å². The van der Waals surface area contributed by atoms with Crippen molar-refractivity contribution < 1.29 is 13.5 Å². The molecule has 0 saturated heterocycles. The molecule has 1 unspecified atom stereocenters. The van der Waals surface area contributed by atoms with Crippen LogP contribution >= 0.6 is 0 Å². The fourth-order valence-electron chi connectivity index (χ4n) is 1.16. The maximum Gasteiger partial charge on any atom is 0.158 e. The molecule has 0 aliphatic heterocycles. The average molecular weight is 230 g/mol. The van der Waals surface area contributed by atoms with Gasteiger partial charge in [0.15, 0.2) is 16.9 Å². The van der Waals surface area contributed by atoms with Gasteiger partial charge in [-0.2, -0.15) is 0 Å². The Balaban J connectivity index is 2.92. The van der Waals surface area contributed by atoms with E-state index in [1.807, 2.05) is 6.92 Å². The normalized spacial score (nSPS) is 17.1. The Morgan fingerprint density at radius 3 is 2.40 bits per heavy atom. The summed E-state index contributed by atoms with van der Waals surface area (Å²) in [4.78, 5) is 8.14. The zero-order valence-corrected chi connectivity index (χ0v) is 9.69. The minimum absolute atomic E-state index is 0.429. The van der Waals surface area contributed by atoms with Crippen LogP contribution in [-0.4, -0.2) is 31.1 Å². The van der Waals surface area contributed by atoms with Crippen LogP contribution in [0.3, 0.4) is 0 Å². The summed E-state index contributed by atoms with van der Waals surface area (Å²) in [5.41, 5.74) is 0.936. The largest absolute Gasteiger partial charge is 0.372 e. The molecule has 15 heavy (non-hydrogen) atoms. The van der Waals surface area contributed by atoms with Crippen LogP contribution in [-0.2, 0) is 15.8 Å². The van der Waals surface area contributed by atoms with E-state index in [-0.39, 0.29) is 0 Å². The summed E-state index contributed by atoms with van der Waals surface area (Å²) < 4.78 is 25.0. The van der Waals surface area contributed by atoms with E-state index in [2.05, 4.69) is 9.97 Å². The Morgan fingerprint density at radius 2 is 2.00 bits per heavy atom. The van der Waals surface area contributed by atoms with Crippen LogP contribution < -0.4 is 0 Å². The number of ether oxygens (including phenoxy) is 1. The van der Waals surface area contributed by atoms with E-state index in [0.29, 0.717) is 5.82 Å². The van der Waals surface area contributed by atoms with Gasteiger partial charge in [0.05, 0.1) is 5.25 Å². The third kappa shape index (κ3) is 3.05. The first kappa shape index (κ1) is 12.2. The summed E-state index contributed by atoms with van der Waals surface area (Å²) in [5, 5.41) is -0.558. The average Bonchev–Trinajstić information content (AvgIpc) is 2.21. The van der Waals surface area contributed by atoms with Crippen LogP contribution in [0.25, 0.3) is 0 Å². The van der Waals surface area contributed by atoms with Crippen LogP contribution in [0, 0.1) is 6.92 Å². The molecular weight excluding hydrogens is 216 g/mol. The first-order valence-electron chi connectivity index (χ1n) is 4.47. The molecular formula is C9H14N2O3S. The van der Waals surface area contributed by atoms with Gasteiger partial charge in [0.1, 0.15) is 6.10 Å². The molecule has 1 aromatic heterocycles. The molecule has 0 saturated carbocycles. The van der Waals surface area contributed by atoms with Crippen LogP contribution in [0.1, 0.15) is 24.4 Å². The number of hydrogen-bond donors (Lipinski definition) is 1. The molecule has 5 nitrogen and oxygen atoms in total. The number of aryl methyl sites for hydroxylation is 1. The molecule has 0 aliphatic carbocycles. The molecule has 6 heteroatoms. The molecule has 0 aliphatic rings. The summed E-state index contributed by atoms with van der Waals surface area (Å²) in [6.07, 6.45) is 2.75. The Kier molecular flexibility index (Phi) is 4.31. The lowest BCUT2D eigenvalue weighted by Gasteiger charge is -2.18. The SMILES string of the molecule is CO[C@@H](c1ncc(C)cn1)[C@@H](C)S(=O)O. The van der Waals surface area contributed by atoms with Crippen molar-refractivity contribution in [1.29, 1.82) is 0 Å². The number of methoxy groups -OCH3 is 1. The van der Waals surface area contributed by atoms with Gasteiger partial charge in [0, 0.05) is 19.5 Å². The molecule has 0 radical (unpaired) electrons. The second-order valence-corrected chi connectivity index (χ2v) is 4.55. The van der Waals surface area contributed by atoms with Crippen LogP contribution in [0.15, 0.2) is 12.4 Å². The van der Waals surface area contributed by atoms with Crippen molar-refractivity contribution in [1.82, 2.24) is 9.97 Å². The van der Waals surface area contributed by atoms with Gasteiger partial charge in [-0.05, 0) is 19.4 Å². The molecule has 84 valence electrons. The predicted octanol–water partition coefficient (Wildman–Crippen LogP) is 1.08. The molecule has 0 bridgehead atoms. The maximum atomic E-state index is 10.9. The zero-order valence-electron chi connectivity index (χ0n) is 8.88. The van der Waals surface area contributed by atoms with Crippen LogP contribution in [0.2, 0.25) is 0 Å². The molecule has 1 heterocycles. The third-order valence-electron chi connectivity index (χ3n) is 2.05. The highest BCUT2D eigenvalue weighted by Crippen LogP contribution is 2.19. The van der Waals surface area contributed by atoms with Crippen molar-refractivity contribution in [3.05, 3.63) is 23.8 Å². The van der Waals surface area contributed by atoms with Gasteiger partial charge in [-0.25, -0.2) is 14.2 Å². The lowest BCUT2D eigenvalue weighted by molar-refractivity contribution is 0.0945. The van der Waals surface area contributed by atoms with Gasteiger partial charge in [0.25, 0.3) is 0 Å². The van der Waals surface area contributed by atoms with Crippen molar-refractivity contribution in [2.45, 2.75) is 25.2 Å². The van der Waals surface area contributed by atoms with Crippen molar-refractivity contribution >= 4 is 11.1 Å². The van der Waals surface area contributed by atoms with Crippen molar-refractivity contribution in [3.63, 3.8) is 0 Å². The summed E-state index contributed by atoms with van der Waals surface area (Å²) in [5.74, 6) is 0.429. The first-order valence-corrected chi connectivity index (χ1v) is 5.64. The van der Waals surface area contributed by atoms with E-state index in [0.717, 1.165) is 5.56 Å². The predicted molar refractivity (Wildman–Crippen MR) is 56.8 cm³/mol. The first-order chi connectivity index (χ1) is 7.06. The molecule has 1 N–H and O–H groups in total. The highest BCUT2D eigenvalue weighted by molar-refractivity contribution is 7.79. The van der Waals surface area contributed by atoms with E-state index >= 15 is 0 Å². The summed E-state index contributed by atoms with van der Waals surface area (Å²) in [7, 11) is 1.47. The second kappa shape index (κ2) is 5.29. The summed E-state index contributed by atoms with van der Waals surface area (Å²) >= 11 is -1.95. The van der Waals surface area contributed by atoms with E-state index in [1.54, 1.807) is 19.3 Å². The van der Waals surface area contributed by atoms with Gasteiger partial charge in [-0.1, -0.05) is 0 Å². The van der Waals surface area contributed by atoms with Gasteiger partial charge in [-0.3, -0.25) is 0 Å². The Morgan fingerprint density at radius 1 is 1.47 bits per heavy atom. The Hall–Kier alpha value is -0.850. The number of rotatable bonds is 4. The molecule has 3 atom stereocenters. The van der Waals surface area contributed by atoms with E-state index in [9.17, 15) is 4.21 Å². The topological polar surface area (TPSA) is 72.3 Å². The Labute approximate surface area is 91.2 Å². The molecule has 0 fully saturated rings. The molecule has 1 rings (SSSR count). The van der Waals surface area contributed by atoms with Crippen molar-refractivity contribution in [2.24, 2.45) is 0 Å². The van der Waals surface area contributed by atoms with Gasteiger partial charge in [0.2, 0.25) is 0 Å². The zero-order chi connectivity index (χ0) is 11.4. The van der Waals surface area contributed by atoms with Gasteiger partial charge in [-0.15, -0.1) is 0 Å². The quantitative estimate of drug-likeness (QED) is 0.784. The standard InChI is InChI=1S/C9H14N2O3S/c1-6-4-10-9(11-5-6)8(14-3)7(2)15(12)13/h4-5,7-8H,1-3H3,(H,12,13)/t7-,8-/m1/s1. The maximum absolute atomic E-state index is 10.9. The van der Waals surface area contributed by atoms with E-state index < -0.39 is 22.4 Å². The number of aromatic nitrogens is 2.